The molecule has 7 aromatic rings. The second kappa shape index (κ2) is 5.76. The van der Waals surface area contributed by atoms with Gasteiger partial charge in [-0.05, 0) is 76.3 Å². The zero-order valence-electron chi connectivity index (χ0n) is 17.3. The van der Waals surface area contributed by atoms with Crippen LogP contribution in [0.1, 0.15) is 18.1 Å². The number of aliphatic hydroxyl groups is 2. The molecule has 1 fully saturated rings. The monoisotopic (exact) mass is 416 g/mol. The minimum Gasteiger partial charge on any atom is -0.394 e. The topological polar surface area (TPSA) is 49.7 Å². The van der Waals surface area contributed by atoms with Crippen molar-refractivity contribution in [3.8, 4) is 0 Å². The molecule has 3 atom stereocenters. The van der Waals surface area contributed by atoms with E-state index in [9.17, 15) is 10.2 Å². The van der Waals surface area contributed by atoms with Crippen LogP contribution in [-0.2, 0) is 4.74 Å². The molecule has 0 radical (unpaired) electrons. The predicted molar refractivity (Wildman–Crippen MR) is 130 cm³/mol. The van der Waals surface area contributed by atoms with E-state index >= 15 is 0 Å². The van der Waals surface area contributed by atoms with Gasteiger partial charge in [0.25, 0.3) is 0 Å². The normalized spacial score (nSPS) is 22.2. The summed E-state index contributed by atoms with van der Waals surface area (Å²) in [6.45, 7) is -0.164. The third-order valence-corrected chi connectivity index (χ3v) is 7.78. The van der Waals surface area contributed by atoms with Gasteiger partial charge in [-0.2, -0.15) is 0 Å². The van der Waals surface area contributed by atoms with Crippen molar-refractivity contribution in [3.05, 3.63) is 72.3 Å². The van der Waals surface area contributed by atoms with E-state index in [-0.39, 0.29) is 12.7 Å². The van der Waals surface area contributed by atoms with E-state index < -0.39 is 12.2 Å². The van der Waals surface area contributed by atoms with Gasteiger partial charge in [0.15, 0.2) is 0 Å². The molecule has 3 heteroatoms. The van der Waals surface area contributed by atoms with Crippen molar-refractivity contribution in [2.24, 2.45) is 0 Å². The molecule has 2 N–H and O–H groups in total. The van der Waals surface area contributed by atoms with Gasteiger partial charge in [-0.3, -0.25) is 0 Å². The highest BCUT2D eigenvalue weighted by atomic mass is 16.5. The van der Waals surface area contributed by atoms with Crippen LogP contribution in [0, 0.1) is 0 Å². The van der Waals surface area contributed by atoms with E-state index in [4.69, 9.17) is 4.74 Å². The first kappa shape index (κ1) is 17.3. The molecule has 0 saturated carbocycles. The van der Waals surface area contributed by atoms with Crippen molar-refractivity contribution in [2.75, 3.05) is 6.61 Å². The van der Waals surface area contributed by atoms with Gasteiger partial charge in [0.2, 0.25) is 0 Å². The number of benzene rings is 7. The molecule has 32 heavy (non-hydrogen) atoms. The lowest BCUT2D eigenvalue weighted by Gasteiger charge is -2.23. The molecule has 0 bridgehead atoms. The second-order valence-corrected chi connectivity index (χ2v) is 9.36. The summed E-state index contributed by atoms with van der Waals surface area (Å²) >= 11 is 0. The third kappa shape index (κ3) is 1.94. The maximum atomic E-state index is 10.4. The predicted octanol–water partition coefficient (Wildman–Crippen LogP) is 6.10. The Morgan fingerprint density at radius 1 is 0.656 bits per heavy atom. The fraction of sp³-hybridized carbons (Fsp3) is 0.172. The van der Waals surface area contributed by atoms with Gasteiger partial charge in [-0.15, -0.1) is 0 Å². The Hall–Kier alpha value is -3.24. The highest BCUT2D eigenvalue weighted by molar-refractivity contribution is 6.44. The summed E-state index contributed by atoms with van der Waals surface area (Å²) in [6.07, 6.45) is -0.898. The standard InChI is InChI=1S/C29H20O3/c30-13-23-21(31)12-22(32-23)20-11-18-8-7-16-4-2-14-1-3-15-5-6-17-9-10-19(20)29-27(17)25(15)24(14)26(16)28(18)29/h1-11,21-23,30-31H,12-13H2/t21-,22?,23+/m0/s1. The van der Waals surface area contributed by atoms with Crippen LogP contribution in [0.3, 0.4) is 0 Å². The van der Waals surface area contributed by atoms with Crippen molar-refractivity contribution in [1.29, 1.82) is 0 Å². The zero-order chi connectivity index (χ0) is 21.1. The maximum Gasteiger partial charge on any atom is 0.107 e. The van der Waals surface area contributed by atoms with Gasteiger partial charge < -0.3 is 14.9 Å². The summed E-state index contributed by atoms with van der Waals surface area (Å²) in [5, 5.41) is 35.5. The van der Waals surface area contributed by atoms with Crippen molar-refractivity contribution in [2.45, 2.75) is 24.7 Å². The van der Waals surface area contributed by atoms with Gasteiger partial charge in [-0.1, -0.05) is 60.7 Å². The molecule has 1 heterocycles. The number of hydrogen-bond acceptors (Lipinski definition) is 3. The molecule has 0 aromatic heterocycles. The van der Waals surface area contributed by atoms with Gasteiger partial charge in [-0.25, -0.2) is 0 Å². The van der Waals surface area contributed by atoms with E-state index in [1.54, 1.807) is 0 Å². The average molecular weight is 416 g/mol. The summed E-state index contributed by atoms with van der Waals surface area (Å²) in [5.41, 5.74) is 1.10. The van der Waals surface area contributed by atoms with E-state index in [1.165, 1.54) is 64.6 Å². The number of aliphatic hydroxyl groups excluding tert-OH is 2. The number of hydrogen-bond donors (Lipinski definition) is 2. The summed E-state index contributed by atoms with van der Waals surface area (Å²) in [7, 11) is 0. The van der Waals surface area contributed by atoms with Crippen LogP contribution in [0.4, 0.5) is 0 Å². The van der Waals surface area contributed by atoms with Crippen LogP contribution in [0.5, 0.6) is 0 Å². The van der Waals surface area contributed by atoms with Gasteiger partial charge in [0.1, 0.15) is 6.10 Å². The molecule has 0 amide bonds. The summed E-state index contributed by atoms with van der Waals surface area (Å²) in [4.78, 5) is 0. The lowest BCUT2D eigenvalue weighted by molar-refractivity contribution is -0.0221. The molecule has 3 nitrogen and oxygen atoms in total. The number of ether oxygens (including phenoxy) is 1. The van der Waals surface area contributed by atoms with Crippen molar-refractivity contribution in [3.63, 3.8) is 0 Å². The molecule has 1 saturated heterocycles. The minimum absolute atomic E-state index is 0.164. The van der Waals surface area contributed by atoms with E-state index in [1.807, 2.05) is 0 Å². The van der Waals surface area contributed by atoms with E-state index in [2.05, 4.69) is 66.7 Å². The molecule has 0 aliphatic carbocycles. The molecular weight excluding hydrogens is 396 g/mol. The highest BCUT2D eigenvalue weighted by Gasteiger charge is 2.35. The molecule has 8 rings (SSSR count). The first-order valence-electron chi connectivity index (χ1n) is 11.3. The Morgan fingerprint density at radius 3 is 1.66 bits per heavy atom. The first-order valence-corrected chi connectivity index (χ1v) is 11.3. The van der Waals surface area contributed by atoms with E-state index in [0.29, 0.717) is 6.42 Å². The zero-order valence-corrected chi connectivity index (χ0v) is 17.3. The van der Waals surface area contributed by atoms with E-state index in [0.717, 1.165) is 5.56 Å². The summed E-state index contributed by atoms with van der Waals surface area (Å²) < 4.78 is 6.12. The SMILES string of the molecule is OC[C@H]1OC(c2cc3ccc4ccc5ccc6ccc7ccc2c2c7c6c5c4c32)C[C@@H]1O. The Labute approximate surface area is 183 Å². The quantitative estimate of drug-likeness (QED) is 0.264. The largest absolute Gasteiger partial charge is 0.394 e. The van der Waals surface area contributed by atoms with Gasteiger partial charge in [0.05, 0.1) is 18.8 Å². The lowest BCUT2D eigenvalue weighted by atomic mass is 9.81. The van der Waals surface area contributed by atoms with Crippen LogP contribution < -0.4 is 0 Å². The molecule has 7 aromatic carbocycles. The van der Waals surface area contributed by atoms with Crippen LogP contribution >= 0.6 is 0 Å². The molecule has 154 valence electrons. The Morgan fingerprint density at radius 2 is 1.12 bits per heavy atom. The Bertz CT molecular complexity index is 1740. The van der Waals surface area contributed by atoms with Crippen LogP contribution in [-0.4, -0.2) is 29.0 Å². The third-order valence-electron chi connectivity index (χ3n) is 7.78. The molecule has 1 unspecified atom stereocenters. The Kier molecular flexibility index (Phi) is 3.12. The molecule has 1 aliphatic heterocycles. The Balaban J connectivity index is 1.63. The maximum absolute atomic E-state index is 10.4. The minimum atomic E-state index is -0.646. The molecule has 1 aliphatic rings. The van der Waals surface area contributed by atoms with Crippen molar-refractivity contribution >= 4 is 64.6 Å². The summed E-state index contributed by atoms with van der Waals surface area (Å²) in [5.74, 6) is 0. The molecule has 0 spiro atoms. The summed E-state index contributed by atoms with van der Waals surface area (Å²) in [6, 6.07) is 24.5. The fourth-order valence-electron chi connectivity index (χ4n) is 6.38. The lowest BCUT2D eigenvalue weighted by Crippen LogP contribution is -2.24. The van der Waals surface area contributed by atoms with Crippen LogP contribution in [0.25, 0.3) is 64.6 Å². The van der Waals surface area contributed by atoms with Crippen LogP contribution in [0.15, 0.2) is 66.7 Å². The van der Waals surface area contributed by atoms with Crippen molar-refractivity contribution < 1.29 is 14.9 Å². The first-order chi connectivity index (χ1) is 15.7. The second-order valence-electron chi connectivity index (χ2n) is 9.36. The fourth-order valence-corrected chi connectivity index (χ4v) is 6.38. The van der Waals surface area contributed by atoms with Crippen LogP contribution in [0.2, 0.25) is 0 Å². The van der Waals surface area contributed by atoms with Gasteiger partial charge >= 0.3 is 0 Å². The van der Waals surface area contributed by atoms with Gasteiger partial charge in [0, 0.05) is 6.42 Å². The molecular formula is C29H20O3. The highest BCUT2D eigenvalue weighted by Crippen LogP contribution is 2.50. The average Bonchev–Trinajstić information content (AvgIpc) is 3.22. The number of rotatable bonds is 2. The van der Waals surface area contributed by atoms with Crippen molar-refractivity contribution in [1.82, 2.24) is 0 Å². The smallest absolute Gasteiger partial charge is 0.107 e.